The number of aromatic nitrogens is 2. The molecule has 0 bridgehead atoms. The maximum absolute atomic E-state index is 6.08. The highest BCUT2D eigenvalue weighted by molar-refractivity contribution is 7.16. The molecule has 100 valence electrons. The highest BCUT2D eigenvalue weighted by atomic mass is 35.5. The summed E-state index contributed by atoms with van der Waals surface area (Å²) in [6.07, 6.45) is 2.34. The molecule has 1 fully saturated rings. The van der Waals surface area contributed by atoms with Crippen LogP contribution in [-0.2, 0) is 6.54 Å². The monoisotopic (exact) mass is 313 g/mol. The quantitative estimate of drug-likeness (QED) is 0.785. The molecule has 0 aromatic carbocycles. The van der Waals surface area contributed by atoms with Crippen molar-refractivity contribution >= 4 is 40.4 Å². The van der Waals surface area contributed by atoms with E-state index < -0.39 is 0 Å². The van der Waals surface area contributed by atoms with E-state index in [-0.39, 0.29) is 0 Å². The normalized spacial score (nSPS) is 14.7. The Morgan fingerprint density at radius 2 is 2.11 bits per heavy atom. The van der Waals surface area contributed by atoms with Gasteiger partial charge in [0.05, 0.1) is 10.9 Å². The van der Waals surface area contributed by atoms with Gasteiger partial charge in [-0.15, -0.1) is 11.3 Å². The van der Waals surface area contributed by atoms with Gasteiger partial charge < -0.3 is 4.90 Å². The van der Waals surface area contributed by atoms with E-state index in [2.05, 4.69) is 14.9 Å². The third-order valence-corrected chi connectivity index (χ3v) is 4.46. The van der Waals surface area contributed by atoms with Crippen LogP contribution in [0.2, 0.25) is 9.49 Å². The fraction of sp³-hybridized carbons (Fsp3) is 0.385. The topological polar surface area (TPSA) is 29.0 Å². The van der Waals surface area contributed by atoms with Gasteiger partial charge in [0, 0.05) is 23.9 Å². The molecule has 19 heavy (non-hydrogen) atoms. The summed E-state index contributed by atoms with van der Waals surface area (Å²) in [7, 11) is 2.00. The van der Waals surface area contributed by atoms with Crippen LogP contribution in [0.5, 0.6) is 0 Å². The van der Waals surface area contributed by atoms with Crippen LogP contribution < -0.4 is 4.90 Å². The predicted octanol–water partition coefficient (Wildman–Crippen LogP) is 4.36. The van der Waals surface area contributed by atoms with Gasteiger partial charge in [-0.1, -0.05) is 23.2 Å². The van der Waals surface area contributed by atoms with Gasteiger partial charge in [0.2, 0.25) is 0 Å². The van der Waals surface area contributed by atoms with E-state index in [4.69, 9.17) is 23.2 Å². The summed E-state index contributed by atoms with van der Waals surface area (Å²) in [5.41, 5.74) is 0. The molecule has 0 amide bonds. The average molecular weight is 314 g/mol. The fourth-order valence-electron chi connectivity index (χ4n) is 1.89. The second-order valence-electron chi connectivity index (χ2n) is 4.74. The lowest BCUT2D eigenvalue weighted by Crippen LogP contribution is -2.17. The van der Waals surface area contributed by atoms with E-state index in [9.17, 15) is 0 Å². The smallest absolute Gasteiger partial charge is 0.135 e. The largest absolute Gasteiger partial charge is 0.354 e. The molecular weight excluding hydrogens is 301 g/mol. The minimum absolute atomic E-state index is 0.502. The molecule has 3 rings (SSSR count). The molecule has 1 saturated carbocycles. The van der Waals surface area contributed by atoms with Gasteiger partial charge in [0.15, 0.2) is 0 Å². The number of hydrogen-bond acceptors (Lipinski definition) is 4. The van der Waals surface area contributed by atoms with Gasteiger partial charge in [-0.2, -0.15) is 0 Å². The van der Waals surface area contributed by atoms with Crippen molar-refractivity contribution in [2.24, 2.45) is 0 Å². The minimum atomic E-state index is 0.502. The Kier molecular flexibility index (Phi) is 3.65. The zero-order chi connectivity index (χ0) is 13.4. The number of halogens is 2. The van der Waals surface area contributed by atoms with Crippen molar-refractivity contribution < 1.29 is 0 Å². The molecule has 0 N–H and O–H groups in total. The van der Waals surface area contributed by atoms with Gasteiger partial charge in [-0.3, -0.25) is 0 Å². The first kappa shape index (κ1) is 13.2. The van der Waals surface area contributed by atoms with Crippen LogP contribution in [0.15, 0.2) is 18.2 Å². The highest BCUT2D eigenvalue weighted by Crippen LogP contribution is 2.39. The third-order valence-electron chi connectivity index (χ3n) is 3.05. The molecule has 0 radical (unpaired) electrons. The summed E-state index contributed by atoms with van der Waals surface area (Å²) >= 11 is 13.6. The Hall–Kier alpha value is -0.840. The van der Waals surface area contributed by atoms with Crippen molar-refractivity contribution in [3.8, 4) is 0 Å². The molecule has 0 unspecified atom stereocenters. The van der Waals surface area contributed by atoms with Crippen LogP contribution in [0.3, 0.4) is 0 Å². The van der Waals surface area contributed by atoms with Gasteiger partial charge in [-0.05, 0) is 25.0 Å². The maximum Gasteiger partial charge on any atom is 0.135 e. The molecule has 2 aromatic rings. The average Bonchev–Trinajstić information content (AvgIpc) is 3.13. The fourth-order valence-corrected chi connectivity index (χ4v) is 3.22. The van der Waals surface area contributed by atoms with E-state index in [1.807, 2.05) is 25.2 Å². The lowest BCUT2D eigenvalue weighted by Gasteiger charge is -2.18. The standard InChI is InChI=1S/C13H13Cl2N3S/c1-18(7-9-4-5-11(15)19-9)12-6-10(14)16-13(17-12)8-2-3-8/h4-6,8H,2-3,7H2,1H3. The van der Waals surface area contributed by atoms with E-state index in [1.54, 1.807) is 11.3 Å². The first-order chi connectivity index (χ1) is 9.11. The molecule has 6 heteroatoms. The lowest BCUT2D eigenvalue weighted by molar-refractivity contribution is 0.861. The van der Waals surface area contributed by atoms with Crippen molar-refractivity contribution in [1.29, 1.82) is 0 Å². The van der Waals surface area contributed by atoms with Crippen molar-refractivity contribution in [1.82, 2.24) is 9.97 Å². The molecule has 0 spiro atoms. The van der Waals surface area contributed by atoms with Crippen LogP contribution in [-0.4, -0.2) is 17.0 Å². The van der Waals surface area contributed by atoms with Crippen LogP contribution in [0.4, 0.5) is 5.82 Å². The van der Waals surface area contributed by atoms with Crippen LogP contribution in [0, 0.1) is 0 Å². The molecule has 3 nitrogen and oxygen atoms in total. The molecular formula is C13H13Cl2N3S. The number of nitrogens with zero attached hydrogens (tertiary/aromatic N) is 3. The third kappa shape index (κ3) is 3.19. The number of anilines is 1. The summed E-state index contributed by atoms with van der Waals surface area (Å²) in [6.45, 7) is 0.773. The van der Waals surface area contributed by atoms with Crippen LogP contribution in [0.1, 0.15) is 29.5 Å². The Morgan fingerprint density at radius 1 is 1.32 bits per heavy atom. The Morgan fingerprint density at radius 3 is 2.74 bits per heavy atom. The maximum atomic E-state index is 6.08. The summed E-state index contributed by atoms with van der Waals surface area (Å²) in [6, 6.07) is 5.76. The molecule has 2 heterocycles. The minimum Gasteiger partial charge on any atom is -0.354 e. The van der Waals surface area contributed by atoms with Crippen LogP contribution >= 0.6 is 34.5 Å². The highest BCUT2D eigenvalue weighted by Gasteiger charge is 2.27. The zero-order valence-corrected chi connectivity index (χ0v) is 12.8. The van der Waals surface area contributed by atoms with Crippen molar-refractivity contribution in [2.45, 2.75) is 25.3 Å². The Labute approximate surface area is 126 Å². The summed E-state index contributed by atoms with van der Waals surface area (Å²) in [5, 5.41) is 0.517. The molecule has 0 saturated heterocycles. The molecule has 0 aliphatic heterocycles. The summed E-state index contributed by atoms with van der Waals surface area (Å²) < 4.78 is 0.808. The first-order valence-electron chi connectivity index (χ1n) is 6.11. The lowest BCUT2D eigenvalue weighted by atomic mass is 10.3. The van der Waals surface area contributed by atoms with Crippen molar-refractivity contribution in [2.75, 3.05) is 11.9 Å². The van der Waals surface area contributed by atoms with Gasteiger partial charge in [0.1, 0.15) is 16.8 Å². The number of hydrogen-bond donors (Lipinski definition) is 0. The second kappa shape index (κ2) is 5.27. The van der Waals surface area contributed by atoms with E-state index in [0.717, 1.165) is 22.5 Å². The van der Waals surface area contributed by atoms with E-state index in [0.29, 0.717) is 11.1 Å². The molecule has 1 aliphatic rings. The predicted molar refractivity (Wildman–Crippen MR) is 80.5 cm³/mol. The molecule has 2 aromatic heterocycles. The Balaban J connectivity index is 1.80. The van der Waals surface area contributed by atoms with Gasteiger partial charge >= 0.3 is 0 Å². The molecule has 1 aliphatic carbocycles. The molecule has 0 atom stereocenters. The summed E-state index contributed by atoms with van der Waals surface area (Å²) in [4.78, 5) is 12.2. The van der Waals surface area contributed by atoms with Gasteiger partial charge in [-0.25, -0.2) is 9.97 Å². The van der Waals surface area contributed by atoms with E-state index in [1.165, 1.54) is 17.7 Å². The Bertz CT molecular complexity index is 595. The van der Waals surface area contributed by atoms with Crippen LogP contribution in [0.25, 0.3) is 0 Å². The SMILES string of the molecule is CN(Cc1ccc(Cl)s1)c1cc(Cl)nc(C2CC2)n1. The van der Waals surface area contributed by atoms with E-state index >= 15 is 0 Å². The number of rotatable bonds is 4. The van der Waals surface area contributed by atoms with Crippen molar-refractivity contribution in [3.05, 3.63) is 38.4 Å². The zero-order valence-electron chi connectivity index (χ0n) is 10.4. The first-order valence-corrected chi connectivity index (χ1v) is 7.69. The van der Waals surface area contributed by atoms with Crippen molar-refractivity contribution in [3.63, 3.8) is 0 Å². The summed E-state index contributed by atoms with van der Waals surface area (Å²) in [5.74, 6) is 2.24. The number of thiophene rings is 1. The van der Waals surface area contributed by atoms with Gasteiger partial charge in [0.25, 0.3) is 0 Å². The second-order valence-corrected chi connectivity index (χ2v) is 6.93.